The van der Waals surface area contributed by atoms with E-state index in [1.165, 1.54) is 11.3 Å². The van der Waals surface area contributed by atoms with Gasteiger partial charge in [-0.25, -0.2) is 4.98 Å². The zero-order chi connectivity index (χ0) is 13.0. The molecule has 0 spiro atoms. The minimum atomic E-state index is -0.547. The lowest BCUT2D eigenvalue weighted by Gasteiger charge is -1.98. The molecule has 0 aliphatic carbocycles. The summed E-state index contributed by atoms with van der Waals surface area (Å²) in [7, 11) is 0. The maximum absolute atomic E-state index is 11.7. The maximum atomic E-state index is 11.7. The maximum Gasteiger partial charge on any atom is 0.269 e. The van der Waals surface area contributed by atoms with Crippen molar-refractivity contribution in [3.63, 3.8) is 0 Å². The number of carbonyl (C=O) groups is 1. The third-order valence-corrected chi connectivity index (χ3v) is 3.06. The number of fused-ring (bicyclic) bond motifs is 1. The summed E-state index contributed by atoms with van der Waals surface area (Å²) in [6.45, 7) is 0. The van der Waals surface area contributed by atoms with Gasteiger partial charge < -0.3 is 5.43 Å². The van der Waals surface area contributed by atoms with Crippen LogP contribution in [0, 0.1) is 11.3 Å². The van der Waals surface area contributed by atoms with E-state index in [2.05, 4.69) is 15.7 Å². The van der Waals surface area contributed by atoms with Gasteiger partial charge in [-0.1, -0.05) is 23.5 Å². The fourth-order valence-electron chi connectivity index (χ4n) is 1.32. The molecule has 4 N–H and O–H groups in total. The number of hydrogen-bond donors (Lipinski definition) is 3. The molecule has 0 fully saturated rings. The molecule has 1 amide bonds. The van der Waals surface area contributed by atoms with Gasteiger partial charge in [0.15, 0.2) is 5.13 Å². The molecule has 1 aromatic heterocycles. The van der Waals surface area contributed by atoms with E-state index in [0.717, 1.165) is 16.4 Å². The summed E-state index contributed by atoms with van der Waals surface area (Å²) in [5.41, 5.74) is 2.84. The van der Waals surface area contributed by atoms with Gasteiger partial charge in [-0.15, -0.1) is 0 Å². The van der Waals surface area contributed by atoms with Crippen LogP contribution in [0.15, 0.2) is 36.0 Å². The van der Waals surface area contributed by atoms with Crippen LogP contribution in [0.25, 0.3) is 10.2 Å². The second-order valence-electron chi connectivity index (χ2n) is 3.28. The normalized spacial score (nSPS) is 11.0. The highest BCUT2D eigenvalue weighted by molar-refractivity contribution is 7.22. The predicted molar refractivity (Wildman–Crippen MR) is 69.3 cm³/mol. The molecule has 18 heavy (non-hydrogen) atoms. The van der Waals surface area contributed by atoms with E-state index in [-0.39, 0.29) is 5.57 Å². The smallest absolute Gasteiger partial charge is 0.269 e. The Bertz CT molecular complexity index is 622. The van der Waals surface area contributed by atoms with Crippen molar-refractivity contribution in [1.82, 2.24) is 10.4 Å². The summed E-state index contributed by atoms with van der Waals surface area (Å²) >= 11 is 1.34. The third kappa shape index (κ3) is 2.45. The molecule has 0 aliphatic rings. The molecule has 0 saturated heterocycles. The number of hydrogen-bond acceptors (Lipinski definition) is 6. The van der Waals surface area contributed by atoms with Crippen LogP contribution in [0.2, 0.25) is 0 Å². The Morgan fingerprint density at radius 3 is 2.94 bits per heavy atom. The van der Waals surface area contributed by atoms with Crippen molar-refractivity contribution in [1.29, 1.82) is 5.26 Å². The Labute approximate surface area is 107 Å². The van der Waals surface area contributed by atoms with Crippen molar-refractivity contribution in [3.05, 3.63) is 36.0 Å². The van der Waals surface area contributed by atoms with Crippen LogP contribution >= 0.6 is 11.3 Å². The molecule has 90 valence electrons. The lowest BCUT2D eigenvalue weighted by molar-refractivity contribution is -0.112. The summed E-state index contributed by atoms with van der Waals surface area (Å²) < 4.78 is 0.965. The molecule has 0 aliphatic heterocycles. The van der Waals surface area contributed by atoms with E-state index in [4.69, 9.17) is 11.1 Å². The zero-order valence-corrected chi connectivity index (χ0v) is 9.99. The summed E-state index contributed by atoms with van der Waals surface area (Å²) in [4.78, 5) is 15.9. The molecule has 1 heterocycles. The van der Waals surface area contributed by atoms with E-state index in [0.29, 0.717) is 5.13 Å². The van der Waals surface area contributed by atoms with Crippen LogP contribution in [0.1, 0.15) is 0 Å². The van der Waals surface area contributed by atoms with Crippen LogP contribution in [0.3, 0.4) is 0 Å². The number of nitrogens with two attached hydrogens (primary N) is 1. The third-order valence-electron chi connectivity index (χ3n) is 2.11. The number of nitrogens with one attached hydrogen (secondary N) is 2. The highest BCUT2D eigenvalue weighted by atomic mass is 32.1. The van der Waals surface area contributed by atoms with Gasteiger partial charge in [-0.3, -0.25) is 16.0 Å². The lowest BCUT2D eigenvalue weighted by Crippen LogP contribution is -2.19. The molecule has 7 heteroatoms. The van der Waals surface area contributed by atoms with Gasteiger partial charge in [0, 0.05) is 6.20 Å². The number of anilines is 1. The number of thiazole rings is 1. The molecule has 2 rings (SSSR count). The quantitative estimate of drug-likeness (QED) is 0.331. The largest absolute Gasteiger partial charge is 0.330 e. The summed E-state index contributed by atoms with van der Waals surface area (Å²) in [6, 6.07) is 9.26. The van der Waals surface area contributed by atoms with Crippen LogP contribution in [0.5, 0.6) is 0 Å². The Morgan fingerprint density at radius 1 is 1.50 bits per heavy atom. The lowest BCUT2D eigenvalue weighted by atomic mass is 10.3. The SMILES string of the molecule is N#CC(=CNN)C(=O)Nc1nc2ccccc2s1. The number of aromatic nitrogens is 1. The van der Waals surface area contributed by atoms with Gasteiger partial charge in [0.2, 0.25) is 0 Å². The Morgan fingerprint density at radius 2 is 2.28 bits per heavy atom. The molecular formula is C11H9N5OS. The van der Waals surface area contributed by atoms with Gasteiger partial charge in [-0.2, -0.15) is 5.26 Å². The Balaban J connectivity index is 2.21. The minimum Gasteiger partial charge on any atom is -0.330 e. The van der Waals surface area contributed by atoms with E-state index < -0.39 is 5.91 Å². The van der Waals surface area contributed by atoms with E-state index in [1.807, 2.05) is 24.3 Å². The number of carbonyl (C=O) groups excluding carboxylic acids is 1. The molecule has 0 radical (unpaired) electrons. The van der Waals surface area contributed by atoms with Crippen molar-refractivity contribution in [2.24, 2.45) is 5.84 Å². The number of rotatable bonds is 3. The number of para-hydroxylation sites is 1. The fourth-order valence-corrected chi connectivity index (χ4v) is 2.18. The summed E-state index contributed by atoms with van der Waals surface area (Å²) in [5.74, 6) is 4.48. The van der Waals surface area contributed by atoms with Crippen molar-refractivity contribution in [3.8, 4) is 6.07 Å². The van der Waals surface area contributed by atoms with Gasteiger partial charge in [0.05, 0.1) is 10.2 Å². The number of amides is 1. The fraction of sp³-hybridized carbons (Fsp3) is 0. The minimum absolute atomic E-state index is 0.114. The van der Waals surface area contributed by atoms with Crippen LogP contribution < -0.4 is 16.6 Å². The Hall–Kier alpha value is -2.43. The molecular weight excluding hydrogens is 250 g/mol. The molecule has 1 aromatic carbocycles. The molecule has 0 saturated carbocycles. The van der Waals surface area contributed by atoms with Crippen LogP contribution in [0.4, 0.5) is 5.13 Å². The standard InChI is InChI=1S/C11H9N5OS/c12-5-7(6-14-13)10(17)16-11-15-8-3-1-2-4-9(8)18-11/h1-4,6,14H,13H2,(H,15,16,17). The van der Waals surface area contributed by atoms with E-state index in [1.54, 1.807) is 6.07 Å². The number of nitriles is 1. The first kappa shape index (κ1) is 12.0. The molecule has 0 atom stereocenters. The molecule has 0 bridgehead atoms. The Kier molecular flexibility index (Phi) is 3.52. The van der Waals surface area contributed by atoms with Gasteiger partial charge in [-0.05, 0) is 12.1 Å². The van der Waals surface area contributed by atoms with Crippen LogP contribution in [-0.2, 0) is 4.79 Å². The first-order valence-electron chi connectivity index (χ1n) is 4.98. The number of benzene rings is 1. The van der Waals surface area contributed by atoms with Crippen molar-refractivity contribution < 1.29 is 4.79 Å². The molecule has 6 nitrogen and oxygen atoms in total. The first-order valence-corrected chi connectivity index (χ1v) is 5.79. The van der Waals surface area contributed by atoms with Crippen LogP contribution in [-0.4, -0.2) is 10.9 Å². The number of nitrogens with zero attached hydrogens (tertiary/aromatic N) is 2. The van der Waals surface area contributed by atoms with E-state index >= 15 is 0 Å². The first-order chi connectivity index (χ1) is 8.74. The average molecular weight is 259 g/mol. The van der Waals surface area contributed by atoms with Crippen molar-refractivity contribution >= 4 is 32.6 Å². The highest BCUT2D eigenvalue weighted by Gasteiger charge is 2.11. The van der Waals surface area contributed by atoms with Crippen molar-refractivity contribution in [2.45, 2.75) is 0 Å². The van der Waals surface area contributed by atoms with E-state index in [9.17, 15) is 4.79 Å². The second kappa shape index (κ2) is 5.27. The van der Waals surface area contributed by atoms with Crippen molar-refractivity contribution in [2.75, 3.05) is 5.32 Å². The average Bonchev–Trinajstić information content (AvgIpc) is 2.77. The zero-order valence-electron chi connectivity index (χ0n) is 9.18. The summed E-state index contributed by atoms with van der Waals surface area (Å²) in [6.07, 6.45) is 1.13. The molecule has 2 aromatic rings. The topological polar surface area (TPSA) is 104 Å². The second-order valence-corrected chi connectivity index (χ2v) is 4.31. The van der Waals surface area contributed by atoms with Gasteiger partial charge in [0.1, 0.15) is 11.6 Å². The van der Waals surface area contributed by atoms with Gasteiger partial charge >= 0.3 is 0 Å². The predicted octanol–water partition coefficient (Wildman–Crippen LogP) is 1.11. The highest BCUT2D eigenvalue weighted by Crippen LogP contribution is 2.25. The molecule has 0 unspecified atom stereocenters. The number of hydrazine groups is 1. The monoisotopic (exact) mass is 259 g/mol. The van der Waals surface area contributed by atoms with Gasteiger partial charge in [0.25, 0.3) is 5.91 Å². The summed E-state index contributed by atoms with van der Waals surface area (Å²) in [5, 5.41) is 11.7.